The second kappa shape index (κ2) is 6.71. The summed E-state index contributed by atoms with van der Waals surface area (Å²) in [6, 6.07) is 10.9. The van der Waals surface area contributed by atoms with Crippen LogP contribution >= 0.6 is 0 Å². The summed E-state index contributed by atoms with van der Waals surface area (Å²) in [5.74, 6) is 0. The Morgan fingerprint density at radius 1 is 0.760 bits per heavy atom. The van der Waals surface area contributed by atoms with Gasteiger partial charge in [-0.3, -0.25) is 0 Å². The lowest BCUT2D eigenvalue weighted by molar-refractivity contribution is -0.142. The van der Waals surface area contributed by atoms with Crippen molar-refractivity contribution in [3.8, 4) is 0 Å². The minimum atomic E-state index is -4.83. The number of halogens is 6. The first-order chi connectivity index (χ1) is 11.4. The topological polar surface area (TPSA) is 0 Å². The molecule has 0 aliphatic rings. The van der Waals surface area contributed by atoms with E-state index in [-0.39, 0.29) is 11.3 Å². The fraction of sp³-hybridized carbons (Fsp3) is 0.222. The van der Waals surface area contributed by atoms with E-state index in [2.05, 4.69) is 0 Å². The van der Waals surface area contributed by atoms with Crippen LogP contribution in [0.25, 0.3) is 6.08 Å². The lowest BCUT2D eigenvalue weighted by Crippen LogP contribution is -2.40. The monoisotopic (exact) mass is 374 g/mol. The van der Waals surface area contributed by atoms with Gasteiger partial charge in [0.15, 0.2) is 0 Å². The van der Waals surface area contributed by atoms with Crippen molar-refractivity contribution in [1.29, 1.82) is 0 Å². The maximum atomic E-state index is 13.0. The van der Waals surface area contributed by atoms with Crippen molar-refractivity contribution >= 4 is 19.3 Å². The second-order valence-electron chi connectivity index (χ2n) is 6.26. The predicted molar refractivity (Wildman–Crippen MR) is 89.0 cm³/mol. The molecule has 25 heavy (non-hydrogen) atoms. The summed E-state index contributed by atoms with van der Waals surface area (Å²) in [4.78, 5) is 0. The molecule has 0 heterocycles. The van der Waals surface area contributed by atoms with E-state index in [0.29, 0.717) is 0 Å². The van der Waals surface area contributed by atoms with E-state index in [1.807, 2.05) is 18.2 Å². The summed E-state index contributed by atoms with van der Waals surface area (Å²) in [6.07, 6.45) is -7.92. The Balaban J connectivity index is 2.50. The number of hydrogen-bond acceptors (Lipinski definition) is 0. The van der Waals surface area contributed by atoms with Gasteiger partial charge in [-0.15, -0.1) is 0 Å². The molecule has 0 saturated carbocycles. The van der Waals surface area contributed by atoms with Crippen LogP contribution in [0.4, 0.5) is 26.3 Å². The number of alkyl halides is 6. The molecule has 0 atom stereocenters. The van der Waals surface area contributed by atoms with Gasteiger partial charge < -0.3 is 0 Å². The van der Waals surface area contributed by atoms with Crippen molar-refractivity contribution in [1.82, 2.24) is 0 Å². The van der Waals surface area contributed by atoms with Crippen molar-refractivity contribution in [3.63, 3.8) is 0 Å². The molecular weight excluding hydrogens is 358 g/mol. The Labute approximate surface area is 142 Å². The number of benzene rings is 2. The van der Waals surface area contributed by atoms with Gasteiger partial charge in [0, 0.05) is 0 Å². The van der Waals surface area contributed by atoms with Crippen LogP contribution in [0.3, 0.4) is 0 Å². The fourth-order valence-corrected chi connectivity index (χ4v) is 4.15. The number of hydrogen-bond donors (Lipinski definition) is 0. The van der Waals surface area contributed by atoms with Gasteiger partial charge in [-0.2, -0.15) is 26.3 Å². The molecule has 0 fully saturated rings. The molecule has 0 saturated heterocycles. The van der Waals surface area contributed by atoms with Gasteiger partial charge in [-0.25, -0.2) is 0 Å². The van der Waals surface area contributed by atoms with Crippen LogP contribution in [0.1, 0.15) is 16.7 Å². The molecule has 0 bridgehead atoms. The molecule has 0 amide bonds. The van der Waals surface area contributed by atoms with Gasteiger partial charge in [-0.05, 0) is 11.6 Å². The highest BCUT2D eigenvalue weighted by atomic mass is 28.3. The van der Waals surface area contributed by atoms with Gasteiger partial charge in [0.2, 0.25) is 0 Å². The fourth-order valence-electron chi connectivity index (χ4n) is 2.29. The molecule has 0 unspecified atom stereocenters. The first-order valence-electron chi connectivity index (χ1n) is 7.44. The van der Waals surface area contributed by atoms with Crippen LogP contribution in [0, 0.1) is 0 Å². The van der Waals surface area contributed by atoms with Crippen molar-refractivity contribution in [2.75, 3.05) is 0 Å². The minimum Gasteiger partial charge on any atom is -0.166 e. The van der Waals surface area contributed by atoms with E-state index in [4.69, 9.17) is 0 Å². The second-order valence-corrected chi connectivity index (χ2v) is 10.6. The van der Waals surface area contributed by atoms with Crippen molar-refractivity contribution in [2.45, 2.75) is 25.4 Å². The molecule has 134 valence electrons. The molecule has 2 rings (SSSR count). The summed E-state index contributed by atoms with van der Waals surface area (Å²) in [7, 11) is -2.66. The van der Waals surface area contributed by atoms with Crippen LogP contribution in [0.2, 0.25) is 13.1 Å². The van der Waals surface area contributed by atoms with E-state index in [0.717, 1.165) is 17.7 Å². The van der Waals surface area contributed by atoms with Gasteiger partial charge in [-0.1, -0.05) is 72.5 Å². The molecule has 0 radical (unpaired) electrons. The Kier molecular flexibility index (Phi) is 5.18. The van der Waals surface area contributed by atoms with Gasteiger partial charge in [0.25, 0.3) is 0 Å². The average molecular weight is 374 g/mol. The molecule has 0 aromatic heterocycles. The average Bonchev–Trinajstić information content (AvgIpc) is 2.52. The zero-order valence-electron chi connectivity index (χ0n) is 13.5. The smallest absolute Gasteiger partial charge is 0.166 e. The van der Waals surface area contributed by atoms with Gasteiger partial charge in [0.1, 0.15) is 8.07 Å². The third kappa shape index (κ3) is 4.98. The molecule has 7 heteroatoms. The zero-order valence-corrected chi connectivity index (χ0v) is 14.5. The zero-order chi connectivity index (χ0) is 18.9. The van der Waals surface area contributed by atoms with Crippen LogP contribution < -0.4 is 5.19 Å². The normalized spacial score (nSPS) is 13.4. The highest BCUT2D eigenvalue weighted by Crippen LogP contribution is 2.35. The van der Waals surface area contributed by atoms with Crippen LogP contribution in [0.15, 0.2) is 54.2 Å². The highest BCUT2D eigenvalue weighted by Gasteiger charge is 2.38. The number of rotatable bonds is 3. The Morgan fingerprint density at radius 3 is 1.68 bits per heavy atom. The summed E-state index contributed by atoms with van der Waals surface area (Å²) in [5, 5.41) is 0.0850. The minimum absolute atomic E-state index is 0.0850. The lowest BCUT2D eigenvalue weighted by atomic mass is 10.1. The summed E-state index contributed by atoms with van der Waals surface area (Å²) in [5.41, 5.74) is 0.0287. The maximum absolute atomic E-state index is 13.0. The van der Waals surface area contributed by atoms with Crippen LogP contribution in [0.5, 0.6) is 0 Å². The van der Waals surface area contributed by atoms with Crippen LogP contribution in [-0.2, 0) is 12.4 Å². The molecule has 0 spiro atoms. The summed E-state index contributed by atoms with van der Waals surface area (Å²) < 4.78 is 78.0. The first-order valence-corrected chi connectivity index (χ1v) is 10.5. The quantitative estimate of drug-likeness (QED) is 0.464. The molecule has 0 aliphatic heterocycles. The molecule has 0 aliphatic carbocycles. The van der Waals surface area contributed by atoms with E-state index >= 15 is 0 Å². The maximum Gasteiger partial charge on any atom is 0.416 e. The van der Waals surface area contributed by atoms with Gasteiger partial charge >= 0.3 is 12.4 Å². The van der Waals surface area contributed by atoms with Crippen LogP contribution in [-0.4, -0.2) is 8.07 Å². The summed E-state index contributed by atoms with van der Waals surface area (Å²) >= 11 is 0. The van der Waals surface area contributed by atoms with E-state index in [1.54, 1.807) is 37.0 Å². The Hall–Kier alpha value is -2.02. The highest BCUT2D eigenvalue weighted by molar-refractivity contribution is 6.94. The SMILES string of the molecule is C[Si](C)(/C=C\c1ccccc1)c1cc(C(F)(F)F)cc(C(F)(F)F)c1. The Bertz CT molecular complexity index is 725. The molecular formula is C18H16F6Si. The Morgan fingerprint density at radius 2 is 1.24 bits per heavy atom. The lowest BCUT2D eigenvalue weighted by Gasteiger charge is -2.22. The predicted octanol–water partition coefficient (Wildman–Crippen LogP) is 5.89. The molecule has 0 nitrogen and oxygen atoms in total. The molecule has 2 aromatic rings. The van der Waals surface area contributed by atoms with E-state index in [1.165, 1.54) is 0 Å². The van der Waals surface area contributed by atoms with E-state index < -0.39 is 31.6 Å². The third-order valence-electron chi connectivity index (χ3n) is 3.82. The first kappa shape index (κ1) is 19.3. The van der Waals surface area contributed by atoms with Crippen molar-refractivity contribution < 1.29 is 26.3 Å². The standard InChI is InChI=1S/C18H16F6Si/c1-25(2,9-8-13-6-4-3-5-7-13)16-11-14(17(19,20)21)10-15(12-16)18(22,23)24/h3-12H,1-2H3/b9-8-. The third-order valence-corrected chi connectivity index (χ3v) is 6.60. The van der Waals surface area contributed by atoms with Gasteiger partial charge in [0.05, 0.1) is 11.1 Å². The largest absolute Gasteiger partial charge is 0.416 e. The van der Waals surface area contributed by atoms with E-state index in [9.17, 15) is 26.3 Å². The molecule has 2 aromatic carbocycles. The van der Waals surface area contributed by atoms with Crippen molar-refractivity contribution in [2.24, 2.45) is 0 Å². The summed E-state index contributed by atoms with van der Waals surface area (Å²) in [6.45, 7) is 3.42. The van der Waals surface area contributed by atoms with Crippen molar-refractivity contribution in [3.05, 3.63) is 70.9 Å². The molecule has 0 N–H and O–H groups in total.